The van der Waals surface area contributed by atoms with E-state index in [4.69, 9.17) is 4.74 Å². The summed E-state index contributed by atoms with van der Waals surface area (Å²) in [5, 5.41) is 14.6. The average Bonchev–Trinajstić information content (AvgIpc) is 3.38. The topological polar surface area (TPSA) is 88.1 Å². The lowest BCUT2D eigenvalue weighted by atomic mass is 9.94. The Bertz CT molecular complexity index is 924. The lowest BCUT2D eigenvalue weighted by Crippen LogP contribution is -2.41. The molecule has 3 heterocycles. The molecular formula is C20H24N6O2. The molecule has 1 saturated heterocycles. The van der Waals surface area contributed by atoms with Crippen LogP contribution in [-0.4, -0.2) is 51.1 Å². The van der Waals surface area contributed by atoms with E-state index in [0.29, 0.717) is 24.8 Å². The number of amides is 2. The molecule has 1 aliphatic rings. The van der Waals surface area contributed by atoms with E-state index in [1.807, 2.05) is 48.2 Å². The minimum absolute atomic E-state index is 0.0993. The second-order valence-corrected chi connectivity index (χ2v) is 6.98. The molecule has 0 atom stereocenters. The van der Waals surface area contributed by atoms with Gasteiger partial charge in [-0.05, 0) is 50.1 Å². The molecule has 1 aromatic carbocycles. The molecule has 146 valence electrons. The van der Waals surface area contributed by atoms with E-state index in [1.165, 1.54) is 0 Å². The summed E-state index contributed by atoms with van der Waals surface area (Å²) in [4.78, 5) is 14.6. The molecule has 0 radical (unpaired) electrons. The number of nitrogens with zero attached hydrogens (tertiary/aromatic N) is 4. The number of urea groups is 1. The fourth-order valence-electron chi connectivity index (χ4n) is 3.58. The molecule has 8 nitrogen and oxygen atoms in total. The first-order valence-corrected chi connectivity index (χ1v) is 9.40. The minimum Gasteiger partial charge on any atom is -0.497 e. The maximum atomic E-state index is 12.8. The van der Waals surface area contributed by atoms with Gasteiger partial charge < -0.3 is 9.64 Å². The van der Waals surface area contributed by atoms with Gasteiger partial charge in [0.2, 0.25) is 0 Å². The van der Waals surface area contributed by atoms with E-state index in [1.54, 1.807) is 18.0 Å². The van der Waals surface area contributed by atoms with Gasteiger partial charge in [0.05, 0.1) is 18.5 Å². The van der Waals surface area contributed by atoms with E-state index in [2.05, 4.69) is 20.6 Å². The van der Waals surface area contributed by atoms with Crippen LogP contribution in [0.1, 0.15) is 30.1 Å². The summed E-state index contributed by atoms with van der Waals surface area (Å²) in [6.45, 7) is 3.34. The Morgan fingerprint density at radius 2 is 1.96 bits per heavy atom. The predicted molar refractivity (Wildman–Crippen MR) is 106 cm³/mol. The van der Waals surface area contributed by atoms with Gasteiger partial charge in [-0.25, -0.2) is 9.48 Å². The van der Waals surface area contributed by atoms with Crippen LogP contribution in [0.4, 0.5) is 10.6 Å². The summed E-state index contributed by atoms with van der Waals surface area (Å²) in [5.74, 6) is 1.86. The number of hydrogen-bond donors (Lipinski definition) is 2. The summed E-state index contributed by atoms with van der Waals surface area (Å²) >= 11 is 0. The lowest BCUT2D eigenvalue weighted by molar-refractivity contribution is 0.194. The van der Waals surface area contributed by atoms with Gasteiger partial charge in [0.1, 0.15) is 11.6 Å². The first-order chi connectivity index (χ1) is 13.6. The average molecular weight is 380 g/mol. The van der Waals surface area contributed by atoms with Crippen molar-refractivity contribution in [2.24, 2.45) is 0 Å². The number of hydrogen-bond acceptors (Lipinski definition) is 4. The van der Waals surface area contributed by atoms with Crippen molar-refractivity contribution in [2.75, 3.05) is 25.5 Å². The quantitative estimate of drug-likeness (QED) is 0.727. The molecule has 0 aliphatic carbocycles. The molecule has 2 aromatic heterocycles. The van der Waals surface area contributed by atoms with E-state index in [0.717, 1.165) is 35.7 Å². The van der Waals surface area contributed by atoms with Gasteiger partial charge in [-0.15, -0.1) is 0 Å². The summed E-state index contributed by atoms with van der Waals surface area (Å²) in [6, 6.07) is 11.4. The van der Waals surface area contributed by atoms with E-state index < -0.39 is 0 Å². The van der Waals surface area contributed by atoms with E-state index in [-0.39, 0.29) is 6.03 Å². The molecule has 3 aromatic rings. The number of likely N-dealkylation sites (tertiary alicyclic amines) is 1. The van der Waals surface area contributed by atoms with Crippen LogP contribution in [0.25, 0.3) is 5.69 Å². The number of ether oxygens (including phenoxy) is 1. The zero-order valence-corrected chi connectivity index (χ0v) is 16.1. The zero-order valence-electron chi connectivity index (χ0n) is 16.1. The predicted octanol–water partition coefficient (Wildman–Crippen LogP) is 3.32. The number of methoxy groups -OCH3 is 1. The first-order valence-electron chi connectivity index (χ1n) is 9.40. The van der Waals surface area contributed by atoms with Gasteiger partial charge in [0, 0.05) is 37.0 Å². The van der Waals surface area contributed by atoms with Gasteiger partial charge in [-0.3, -0.25) is 10.4 Å². The fraction of sp³-hybridized carbons (Fsp3) is 0.350. The lowest BCUT2D eigenvalue weighted by Gasteiger charge is -2.31. The molecule has 0 bridgehead atoms. The number of rotatable bonds is 4. The summed E-state index contributed by atoms with van der Waals surface area (Å²) < 4.78 is 6.95. The molecule has 0 saturated carbocycles. The van der Waals surface area contributed by atoms with Crippen molar-refractivity contribution in [3.05, 3.63) is 54.0 Å². The van der Waals surface area contributed by atoms with Crippen LogP contribution < -0.4 is 10.1 Å². The fourth-order valence-corrected chi connectivity index (χ4v) is 3.58. The molecule has 28 heavy (non-hydrogen) atoms. The second kappa shape index (κ2) is 7.75. The van der Waals surface area contributed by atoms with Gasteiger partial charge in [-0.2, -0.15) is 10.2 Å². The molecule has 2 amide bonds. The summed E-state index contributed by atoms with van der Waals surface area (Å²) in [5.41, 5.74) is 2.85. The number of nitrogens with one attached hydrogen (secondary N) is 2. The normalized spacial score (nSPS) is 14.9. The summed E-state index contributed by atoms with van der Waals surface area (Å²) in [7, 11) is 1.63. The SMILES string of the molecule is COc1ccc(-n2nc(C)cc2NC(=O)N2CCC(c3ccn[nH]3)CC2)cc1. The molecule has 4 rings (SSSR count). The number of aromatic nitrogens is 4. The standard InChI is InChI=1S/C20H24N6O2/c1-14-13-19(26(24-14)16-3-5-17(28-2)6-4-16)22-20(27)25-11-8-15(9-12-25)18-7-10-21-23-18/h3-7,10,13,15H,8-9,11-12H2,1-2H3,(H,21,23)(H,22,27). The number of carbonyl (C=O) groups is 1. The highest BCUT2D eigenvalue weighted by Gasteiger charge is 2.25. The third kappa shape index (κ3) is 3.71. The van der Waals surface area contributed by atoms with Crippen LogP contribution >= 0.6 is 0 Å². The number of aromatic amines is 1. The Morgan fingerprint density at radius 3 is 2.61 bits per heavy atom. The van der Waals surface area contributed by atoms with Crippen molar-refractivity contribution in [2.45, 2.75) is 25.7 Å². The van der Waals surface area contributed by atoms with Crippen molar-refractivity contribution in [3.63, 3.8) is 0 Å². The van der Waals surface area contributed by atoms with Gasteiger partial charge in [0.15, 0.2) is 0 Å². The third-order valence-corrected chi connectivity index (χ3v) is 5.13. The molecule has 0 spiro atoms. The summed E-state index contributed by atoms with van der Waals surface area (Å²) in [6.07, 6.45) is 3.62. The maximum Gasteiger partial charge on any atom is 0.323 e. The highest BCUT2D eigenvalue weighted by atomic mass is 16.5. The monoisotopic (exact) mass is 380 g/mol. The minimum atomic E-state index is -0.0993. The second-order valence-electron chi connectivity index (χ2n) is 6.98. The van der Waals surface area contributed by atoms with Crippen LogP contribution in [-0.2, 0) is 0 Å². The Balaban J connectivity index is 1.43. The van der Waals surface area contributed by atoms with Crippen molar-refractivity contribution < 1.29 is 9.53 Å². The Labute approximate surface area is 163 Å². The molecule has 0 unspecified atom stereocenters. The number of aryl methyl sites for hydroxylation is 1. The Kier molecular flexibility index (Phi) is 5.01. The maximum absolute atomic E-state index is 12.8. The largest absolute Gasteiger partial charge is 0.497 e. The molecule has 2 N–H and O–H groups in total. The van der Waals surface area contributed by atoms with E-state index in [9.17, 15) is 4.79 Å². The number of anilines is 1. The number of H-pyrrole nitrogens is 1. The van der Waals surface area contributed by atoms with E-state index >= 15 is 0 Å². The molecule has 8 heteroatoms. The Morgan fingerprint density at radius 1 is 1.21 bits per heavy atom. The smallest absolute Gasteiger partial charge is 0.323 e. The van der Waals surface area contributed by atoms with Crippen LogP contribution in [0.5, 0.6) is 5.75 Å². The number of piperidine rings is 1. The molecule has 1 fully saturated rings. The van der Waals surface area contributed by atoms with Crippen molar-refractivity contribution in [3.8, 4) is 11.4 Å². The van der Waals surface area contributed by atoms with Crippen molar-refractivity contribution in [1.29, 1.82) is 0 Å². The molecule has 1 aliphatic heterocycles. The first kappa shape index (κ1) is 18.1. The highest BCUT2D eigenvalue weighted by molar-refractivity contribution is 5.89. The Hall–Kier alpha value is -3.29. The number of carbonyl (C=O) groups excluding carboxylic acids is 1. The zero-order chi connectivity index (χ0) is 19.5. The van der Waals surface area contributed by atoms with Gasteiger partial charge >= 0.3 is 6.03 Å². The number of benzene rings is 1. The van der Waals surface area contributed by atoms with Crippen molar-refractivity contribution in [1.82, 2.24) is 24.9 Å². The van der Waals surface area contributed by atoms with Crippen LogP contribution in [0, 0.1) is 6.92 Å². The van der Waals surface area contributed by atoms with Gasteiger partial charge in [0.25, 0.3) is 0 Å². The third-order valence-electron chi connectivity index (χ3n) is 5.13. The van der Waals surface area contributed by atoms with Gasteiger partial charge in [-0.1, -0.05) is 0 Å². The van der Waals surface area contributed by atoms with Crippen LogP contribution in [0.2, 0.25) is 0 Å². The van der Waals surface area contributed by atoms with Crippen LogP contribution in [0.3, 0.4) is 0 Å². The molecular weight excluding hydrogens is 356 g/mol. The van der Waals surface area contributed by atoms with Crippen molar-refractivity contribution >= 4 is 11.8 Å². The van der Waals surface area contributed by atoms with Crippen LogP contribution in [0.15, 0.2) is 42.6 Å². The highest BCUT2D eigenvalue weighted by Crippen LogP contribution is 2.27.